The summed E-state index contributed by atoms with van der Waals surface area (Å²) in [6.07, 6.45) is 7.24. The lowest BCUT2D eigenvalue weighted by Crippen LogP contribution is -2.10. The van der Waals surface area contributed by atoms with E-state index in [4.69, 9.17) is 5.73 Å². The molecule has 0 aliphatic carbocycles. The van der Waals surface area contributed by atoms with Gasteiger partial charge in [-0.05, 0) is 53.9 Å². The normalized spacial score (nSPS) is 10.7. The van der Waals surface area contributed by atoms with Crippen LogP contribution in [0.2, 0.25) is 0 Å². The van der Waals surface area contributed by atoms with Gasteiger partial charge in [0.1, 0.15) is 0 Å². The summed E-state index contributed by atoms with van der Waals surface area (Å²) in [4.78, 5) is 19.6. The second kappa shape index (κ2) is 7.93. The number of aryl methyl sites for hydroxylation is 1. The van der Waals surface area contributed by atoms with Crippen LogP contribution in [0.25, 0.3) is 11.1 Å². The second-order valence-electron chi connectivity index (χ2n) is 6.77. The van der Waals surface area contributed by atoms with Crippen LogP contribution in [0.1, 0.15) is 21.5 Å². The van der Waals surface area contributed by atoms with Gasteiger partial charge in [-0.1, -0.05) is 18.2 Å². The van der Waals surface area contributed by atoms with Gasteiger partial charge in [0.25, 0.3) is 0 Å². The molecule has 29 heavy (non-hydrogen) atoms. The number of amides is 1. The first-order valence-electron chi connectivity index (χ1n) is 9.14. The zero-order valence-corrected chi connectivity index (χ0v) is 15.9. The van der Waals surface area contributed by atoms with Crippen molar-refractivity contribution in [2.75, 3.05) is 5.32 Å². The van der Waals surface area contributed by atoms with Gasteiger partial charge in [-0.3, -0.25) is 9.48 Å². The molecular weight excluding hydrogens is 364 g/mol. The molecule has 3 N–H and O–H groups in total. The van der Waals surface area contributed by atoms with Crippen molar-refractivity contribution in [3.63, 3.8) is 0 Å². The van der Waals surface area contributed by atoms with Crippen molar-refractivity contribution in [3.05, 3.63) is 90.0 Å². The standard InChI is InChI=1S/C22H20N6O/c1-15-9-18(11-20(10-15)27-22-24-7-2-8-25-22)19-12-26-28(14-19)13-16-3-5-17(6-4-16)21(23)29/h2-12,14H,13H2,1H3,(H2,23,29)(H,24,25,27). The number of nitrogens with two attached hydrogens (primary N) is 1. The number of benzene rings is 2. The molecule has 0 radical (unpaired) electrons. The largest absolute Gasteiger partial charge is 0.366 e. The van der Waals surface area contributed by atoms with E-state index in [2.05, 4.69) is 26.4 Å². The summed E-state index contributed by atoms with van der Waals surface area (Å²) in [5.41, 5.74) is 10.9. The molecule has 4 rings (SSSR count). The molecule has 0 atom stereocenters. The SMILES string of the molecule is Cc1cc(Nc2ncccn2)cc(-c2cnn(Cc3ccc(C(N)=O)cc3)c2)c1. The first-order chi connectivity index (χ1) is 14.1. The highest BCUT2D eigenvalue weighted by atomic mass is 16.1. The molecule has 144 valence electrons. The van der Waals surface area contributed by atoms with Crippen LogP contribution in [0.3, 0.4) is 0 Å². The van der Waals surface area contributed by atoms with Gasteiger partial charge in [-0.15, -0.1) is 0 Å². The van der Waals surface area contributed by atoms with Crippen molar-refractivity contribution in [2.24, 2.45) is 5.73 Å². The van der Waals surface area contributed by atoms with E-state index in [1.807, 2.05) is 48.3 Å². The smallest absolute Gasteiger partial charge is 0.248 e. The number of hydrogen-bond donors (Lipinski definition) is 2. The van der Waals surface area contributed by atoms with Gasteiger partial charge >= 0.3 is 0 Å². The highest BCUT2D eigenvalue weighted by Gasteiger charge is 2.07. The second-order valence-corrected chi connectivity index (χ2v) is 6.77. The highest BCUT2D eigenvalue weighted by molar-refractivity contribution is 5.92. The first kappa shape index (κ1) is 18.4. The molecule has 0 aliphatic heterocycles. The molecule has 7 nitrogen and oxygen atoms in total. The molecule has 0 spiro atoms. The summed E-state index contributed by atoms with van der Waals surface area (Å²) < 4.78 is 1.87. The number of anilines is 2. The predicted molar refractivity (Wildman–Crippen MR) is 112 cm³/mol. The zero-order chi connectivity index (χ0) is 20.2. The van der Waals surface area contributed by atoms with Crippen LogP contribution >= 0.6 is 0 Å². The third-order valence-corrected chi connectivity index (χ3v) is 4.45. The van der Waals surface area contributed by atoms with Crippen LogP contribution in [0.5, 0.6) is 0 Å². The summed E-state index contributed by atoms with van der Waals surface area (Å²) >= 11 is 0. The van der Waals surface area contributed by atoms with Crippen LogP contribution < -0.4 is 11.1 Å². The molecule has 0 saturated heterocycles. The number of nitrogens with zero attached hydrogens (tertiary/aromatic N) is 4. The van der Waals surface area contributed by atoms with Crippen molar-refractivity contribution in [1.29, 1.82) is 0 Å². The Morgan fingerprint density at radius 3 is 2.55 bits per heavy atom. The van der Waals surface area contributed by atoms with Crippen molar-refractivity contribution < 1.29 is 4.79 Å². The summed E-state index contributed by atoms with van der Waals surface area (Å²) in [5.74, 6) is 0.127. The Bertz CT molecular complexity index is 1140. The molecule has 1 amide bonds. The maximum Gasteiger partial charge on any atom is 0.248 e. The minimum absolute atomic E-state index is 0.428. The van der Waals surface area contributed by atoms with E-state index in [1.165, 1.54) is 0 Å². The van der Waals surface area contributed by atoms with Gasteiger partial charge in [-0.25, -0.2) is 9.97 Å². The fraction of sp³-hybridized carbons (Fsp3) is 0.0909. The van der Waals surface area contributed by atoms with E-state index >= 15 is 0 Å². The lowest BCUT2D eigenvalue weighted by atomic mass is 10.1. The molecule has 7 heteroatoms. The van der Waals surface area contributed by atoms with Gasteiger partial charge in [0, 0.05) is 35.4 Å². The van der Waals surface area contributed by atoms with Gasteiger partial charge in [0.15, 0.2) is 0 Å². The lowest BCUT2D eigenvalue weighted by molar-refractivity contribution is 0.100. The average Bonchev–Trinajstić information content (AvgIpc) is 3.17. The molecular formula is C22H20N6O. The minimum Gasteiger partial charge on any atom is -0.366 e. The average molecular weight is 384 g/mol. The Hall–Kier alpha value is -4.00. The molecule has 0 fully saturated rings. The topological polar surface area (TPSA) is 98.7 Å². The summed E-state index contributed by atoms with van der Waals surface area (Å²) in [6.45, 7) is 2.65. The number of aromatic nitrogens is 4. The summed E-state index contributed by atoms with van der Waals surface area (Å²) in [7, 11) is 0. The molecule has 0 saturated carbocycles. The van der Waals surface area contributed by atoms with Crippen molar-refractivity contribution in [3.8, 4) is 11.1 Å². The fourth-order valence-corrected chi connectivity index (χ4v) is 3.08. The first-order valence-corrected chi connectivity index (χ1v) is 9.14. The third kappa shape index (κ3) is 4.47. The maximum atomic E-state index is 11.2. The van der Waals surface area contributed by atoms with Crippen LogP contribution in [-0.2, 0) is 6.54 Å². The lowest BCUT2D eigenvalue weighted by Gasteiger charge is -2.08. The molecule has 4 aromatic rings. The molecule has 0 bridgehead atoms. The van der Waals surface area contributed by atoms with E-state index in [1.54, 1.807) is 30.6 Å². The van der Waals surface area contributed by atoms with E-state index in [0.29, 0.717) is 18.1 Å². The zero-order valence-electron chi connectivity index (χ0n) is 15.9. The van der Waals surface area contributed by atoms with Crippen LogP contribution in [-0.4, -0.2) is 25.7 Å². The molecule has 2 aromatic carbocycles. The minimum atomic E-state index is -0.428. The molecule has 0 unspecified atom stereocenters. The van der Waals surface area contributed by atoms with E-state index in [9.17, 15) is 4.79 Å². The van der Waals surface area contributed by atoms with Crippen LogP contribution in [0, 0.1) is 6.92 Å². The van der Waals surface area contributed by atoms with Gasteiger partial charge in [-0.2, -0.15) is 5.10 Å². The van der Waals surface area contributed by atoms with Gasteiger partial charge in [0.2, 0.25) is 11.9 Å². The fourth-order valence-electron chi connectivity index (χ4n) is 3.08. The summed E-state index contributed by atoms with van der Waals surface area (Å²) in [6, 6.07) is 15.2. The number of nitrogens with one attached hydrogen (secondary N) is 1. The Labute approximate surface area is 168 Å². The van der Waals surface area contributed by atoms with E-state index < -0.39 is 5.91 Å². The number of carbonyl (C=O) groups excluding carboxylic acids is 1. The van der Waals surface area contributed by atoms with Gasteiger partial charge in [0.05, 0.1) is 12.7 Å². The highest BCUT2D eigenvalue weighted by Crippen LogP contribution is 2.26. The predicted octanol–water partition coefficient (Wildman–Crippen LogP) is 3.54. The molecule has 0 aliphatic rings. The number of carbonyl (C=O) groups is 1. The monoisotopic (exact) mass is 384 g/mol. The maximum absolute atomic E-state index is 11.2. The van der Waals surface area contributed by atoms with E-state index in [0.717, 1.165) is 27.9 Å². The van der Waals surface area contributed by atoms with Gasteiger partial charge < -0.3 is 11.1 Å². The number of hydrogen-bond acceptors (Lipinski definition) is 5. The van der Waals surface area contributed by atoms with Crippen LogP contribution in [0.4, 0.5) is 11.6 Å². The van der Waals surface area contributed by atoms with E-state index in [-0.39, 0.29) is 0 Å². The molecule has 2 heterocycles. The Morgan fingerprint density at radius 1 is 1.07 bits per heavy atom. The Balaban J connectivity index is 1.53. The van der Waals surface area contributed by atoms with Crippen LogP contribution in [0.15, 0.2) is 73.3 Å². The molecule has 2 aromatic heterocycles. The Kier molecular flexibility index (Phi) is 5.03. The van der Waals surface area contributed by atoms with Crippen molar-refractivity contribution in [1.82, 2.24) is 19.7 Å². The Morgan fingerprint density at radius 2 is 1.83 bits per heavy atom. The van der Waals surface area contributed by atoms with Crippen molar-refractivity contribution in [2.45, 2.75) is 13.5 Å². The van der Waals surface area contributed by atoms with Crippen molar-refractivity contribution >= 4 is 17.5 Å². The third-order valence-electron chi connectivity index (χ3n) is 4.45. The summed E-state index contributed by atoms with van der Waals surface area (Å²) in [5, 5.41) is 7.70. The number of primary amides is 1. The quantitative estimate of drug-likeness (QED) is 0.530. The number of rotatable bonds is 6.